The number of benzene rings is 1. The van der Waals surface area contributed by atoms with Crippen LogP contribution in [-0.4, -0.2) is 0 Å². The fourth-order valence-electron chi connectivity index (χ4n) is 1.53. The maximum absolute atomic E-state index is 13.1. The molecule has 1 aromatic carbocycles. The van der Waals surface area contributed by atoms with E-state index in [4.69, 9.17) is 17.3 Å². The minimum atomic E-state index is -0.365. The Labute approximate surface area is 89.1 Å². The molecular formula is C11H15ClFN. The molecule has 0 saturated carbocycles. The van der Waals surface area contributed by atoms with Gasteiger partial charge < -0.3 is 5.73 Å². The summed E-state index contributed by atoms with van der Waals surface area (Å²) in [7, 11) is 0. The van der Waals surface area contributed by atoms with Crippen LogP contribution in [0.3, 0.4) is 0 Å². The zero-order chi connectivity index (χ0) is 10.7. The molecule has 0 radical (unpaired) electrons. The third kappa shape index (κ3) is 2.07. The number of halogens is 2. The van der Waals surface area contributed by atoms with Gasteiger partial charge in [0.25, 0.3) is 0 Å². The predicted octanol–water partition coefficient (Wildman–Crippen LogP) is 3.45. The highest BCUT2D eigenvalue weighted by Crippen LogP contribution is 2.28. The van der Waals surface area contributed by atoms with Crippen LogP contribution in [0.25, 0.3) is 0 Å². The van der Waals surface area contributed by atoms with Crippen molar-refractivity contribution < 1.29 is 4.39 Å². The van der Waals surface area contributed by atoms with Crippen molar-refractivity contribution in [2.45, 2.75) is 32.7 Å². The smallest absolute Gasteiger partial charge is 0.142 e. The number of hydrogen-bond donors (Lipinski definition) is 1. The molecule has 0 aliphatic heterocycles. The van der Waals surface area contributed by atoms with Gasteiger partial charge in [0.2, 0.25) is 0 Å². The summed E-state index contributed by atoms with van der Waals surface area (Å²) in [4.78, 5) is 0. The quantitative estimate of drug-likeness (QED) is 0.821. The van der Waals surface area contributed by atoms with Crippen molar-refractivity contribution in [1.82, 2.24) is 0 Å². The van der Waals surface area contributed by atoms with Gasteiger partial charge in [-0.25, -0.2) is 4.39 Å². The third-order valence-electron chi connectivity index (χ3n) is 2.43. The number of rotatable bonds is 3. The van der Waals surface area contributed by atoms with Crippen molar-refractivity contribution in [2.75, 3.05) is 0 Å². The summed E-state index contributed by atoms with van der Waals surface area (Å²) in [5.41, 5.74) is 7.70. The molecule has 1 aromatic rings. The molecule has 1 rings (SSSR count). The Bertz CT molecular complexity index is 325. The average Bonchev–Trinajstić information content (AvgIpc) is 2.20. The highest BCUT2D eigenvalue weighted by Gasteiger charge is 2.13. The first-order valence-electron chi connectivity index (χ1n) is 4.84. The van der Waals surface area contributed by atoms with Crippen molar-refractivity contribution >= 4 is 11.6 Å². The fourth-order valence-corrected chi connectivity index (χ4v) is 1.84. The lowest BCUT2D eigenvalue weighted by molar-refractivity contribution is 0.620. The third-order valence-corrected chi connectivity index (χ3v) is 2.83. The van der Waals surface area contributed by atoms with Crippen LogP contribution < -0.4 is 5.73 Å². The van der Waals surface area contributed by atoms with Crippen molar-refractivity contribution in [1.29, 1.82) is 0 Å². The topological polar surface area (TPSA) is 26.0 Å². The van der Waals surface area contributed by atoms with Gasteiger partial charge in [-0.2, -0.15) is 0 Å². The molecule has 0 unspecified atom stereocenters. The van der Waals surface area contributed by atoms with E-state index in [1.165, 1.54) is 6.07 Å². The lowest BCUT2D eigenvalue weighted by Crippen LogP contribution is -2.11. The van der Waals surface area contributed by atoms with Gasteiger partial charge in [0.05, 0.1) is 5.02 Å². The van der Waals surface area contributed by atoms with E-state index in [0.29, 0.717) is 6.42 Å². The molecule has 0 amide bonds. The van der Waals surface area contributed by atoms with Gasteiger partial charge >= 0.3 is 0 Å². The Kier molecular flexibility index (Phi) is 3.90. The van der Waals surface area contributed by atoms with Gasteiger partial charge in [-0.1, -0.05) is 31.5 Å². The lowest BCUT2D eigenvalue weighted by atomic mass is 9.97. The summed E-state index contributed by atoms with van der Waals surface area (Å²) in [6.45, 7) is 3.95. The van der Waals surface area contributed by atoms with Gasteiger partial charge in [0, 0.05) is 6.04 Å². The van der Waals surface area contributed by atoms with E-state index in [1.807, 2.05) is 13.8 Å². The summed E-state index contributed by atoms with van der Waals surface area (Å²) in [6, 6.07) is 3.06. The first-order chi connectivity index (χ1) is 6.61. The monoisotopic (exact) mass is 215 g/mol. The minimum absolute atomic E-state index is 0.0527. The average molecular weight is 216 g/mol. The lowest BCUT2D eigenvalue weighted by Gasteiger charge is -2.15. The molecule has 0 bridgehead atoms. The summed E-state index contributed by atoms with van der Waals surface area (Å²) in [6.07, 6.45) is 1.54. The van der Waals surface area contributed by atoms with Crippen molar-refractivity contribution in [2.24, 2.45) is 5.73 Å². The Hall–Kier alpha value is -0.600. The molecule has 0 spiro atoms. The van der Waals surface area contributed by atoms with E-state index in [1.54, 1.807) is 6.07 Å². The summed E-state index contributed by atoms with van der Waals surface area (Å²) >= 11 is 5.87. The number of hydrogen-bond acceptors (Lipinski definition) is 1. The molecule has 2 N–H and O–H groups in total. The van der Waals surface area contributed by atoms with Gasteiger partial charge in [-0.05, 0) is 30.0 Å². The Morgan fingerprint density at radius 2 is 2.07 bits per heavy atom. The Balaban J connectivity index is 3.23. The molecule has 0 aromatic heterocycles. The van der Waals surface area contributed by atoms with E-state index in [0.717, 1.165) is 17.5 Å². The SMILES string of the molecule is CCc1c([C@H](N)CC)ccc(F)c1Cl. The van der Waals surface area contributed by atoms with Crippen LogP contribution in [0.5, 0.6) is 0 Å². The van der Waals surface area contributed by atoms with E-state index < -0.39 is 0 Å². The second kappa shape index (κ2) is 4.76. The molecule has 78 valence electrons. The maximum Gasteiger partial charge on any atom is 0.142 e. The van der Waals surface area contributed by atoms with Crippen LogP contribution in [0.4, 0.5) is 4.39 Å². The largest absolute Gasteiger partial charge is 0.324 e. The highest BCUT2D eigenvalue weighted by molar-refractivity contribution is 6.31. The van der Waals surface area contributed by atoms with Crippen LogP contribution in [0.2, 0.25) is 5.02 Å². The molecule has 0 fully saturated rings. The summed E-state index contributed by atoms with van der Waals surface area (Å²) in [5.74, 6) is -0.365. The summed E-state index contributed by atoms with van der Waals surface area (Å²) in [5, 5.41) is 0.217. The predicted molar refractivity (Wildman–Crippen MR) is 58.0 cm³/mol. The van der Waals surface area contributed by atoms with Crippen LogP contribution in [0.1, 0.15) is 37.4 Å². The second-order valence-electron chi connectivity index (χ2n) is 3.30. The molecule has 1 nitrogen and oxygen atoms in total. The zero-order valence-electron chi connectivity index (χ0n) is 8.48. The maximum atomic E-state index is 13.1. The zero-order valence-corrected chi connectivity index (χ0v) is 9.24. The normalized spacial score (nSPS) is 12.9. The first kappa shape index (κ1) is 11.5. The molecule has 0 heterocycles. The molecular weight excluding hydrogens is 201 g/mol. The van der Waals surface area contributed by atoms with E-state index in [2.05, 4.69) is 0 Å². The summed E-state index contributed by atoms with van der Waals surface area (Å²) < 4.78 is 13.1. The number of nitrogens with two attached hydrogens (primary N) is 1. The molecule has 0 aliphatic carbocycles. The van der Waals surface area contributed by atoms with Gasteiger partial charge in [0.15, 0.2) is 0 Å². The van der Waals surface area contributed by atoms with Gasteiger partial charge in [-0.3, -0.25) is 0 Å². The van der Waals surface area contributed by atoms with Crippen LogP contribution >= 0.6 is 11.6 Å². The Morgan fingerprint density at radius 1 is 1.43 bits per heavy atom. The van der Waals surface area contributed by atoms with Crippen LogP contribution in [0.15, 0.2) is 12.1 Å². The standard InChI is InChI=1S/C11H15ClFN/c1-3-7-8(10(14)4-2)5-6-9(13)11(7)12/h5-6,10H,3-4,14H2,1-2H3/t10-/m1/s1. The van der Waals surface area contributed by atoms with E-state index in [-0.39, 0.29) is 16.9 Å². The fraction of sp³-hybridized carbons (Fsp3) is 0.455. The van der Waals surface area contributed by atoms with Crippen molar-refractivity contribution in [3.05, 3.63) is 34.1 Å². The van der Waals surface area contributed by atoms with Gasteiger partial charge in [-0.15, -0.1) is 0 Å². The first-order valence-corrected chi connectivity index (χ1v) is 5.21. The van der Waals surface area contributed by atoms with Crippen molar-refractivity contribution in [3.63, 3.8) is 0 Å². The molecule has 1 atom stereocenters. The molecule has 14 heavy (non-hydrogen) atoms. The highest BCUT2D eigenvalue weighted by atomic mass is 35.5. The molecule has 0 aliphatic rings. The van der Waals surface area contributed by atoms with Crippen LogP contribution in [-0.2, 0) is 6.42 Å². The second-order valence-corrected chi connectivity index (χ2v) is 3.68. The van der Waals surface area contributed by atoms with Crippen LogP contribution in [0, 0.1) is 5.82 Å². The van der Waals surface area contributed by atoms with Crippen molar-refractivity contribution in [3.8, 4) is 0 Å². The molecule has 0 saturated heterocycles. The molecule has 3 heteroatoms. The van der Waals surface area contributed by atoms with E-state index in [9.17, 15) is 4.39 Å². The minimum Gasteiger partial charge on any atom is -0.324 e. The van der Waals surface area contributed by atoms with E-state index >= 15 is 0 Å². The van der Waals surface area contributed by atoms with Gasteiger partial charge in [0.1, 0.15) is 5.82 Å². The Morgan fingerprint density at radius 3 is 2.57 bits per heavy atom.